The maximum atomic E-state index is 13.5. The van der Waals surface area contributed by atoms with Crippen LogP contribution in [0.5, 0.6) is 5.75 Å². The Morgan fingerprint density at radius 1 is 0.956 bits per heavy atom. The molecular weight excluding hydrogens is 639 g/mol. The number of fused-ring (bicyclic) bond motifs is 1. The summed E-state index contributed by atoms with van der Waals surface area (Å²) in [6.45, 7) is 3.03. The first-order chi connectivity index (χ1) is 21.1. The zero-order valence-electron chi connectivity index (χ0n) is 25.1. The van der Waals surface area contributed by atoms with Gasteiger partial charge in [-0.3, -0.25) is 4.79 Å². The van der Waals surface area contributed by atoms with Crippen LogP contribution in [0.4, 0.5) is 22.0 Å². The van der Waals surface area contributed by atoms with Gasteiger partial charge in [-0.15, -0.1) is 0 Å². The van der Waals surface area contributed by atoms with Crippen LogP contribution >= 0.6 is 0 Å². The lowest BCUT2D eigenvalue weighted by molar-refractivity contribution is -0.266. The Bertz CT molecular complexity index is 1440. The molecule has 1 heterocycles. The van der Waals surface area contributed by atoms with E-state index < -0.39 is 39.0 Å². The van der Waals surface area contributed by atoms with Crippen LogP contribution in [0.15, 0.2) is 41.3 Å². The van der Waals surface area contributed by atoms with Gasteiger partial charge in [-0.05, 0) is 93.7 Å². The number of carbonyl (C=O) groups excluding carboxylic acids is 1. The minimum atomic E-state index is -6.67. The molecule has 0 spiro atoms. The van der Waals surface area contributed by atoms with Gasteiger partial charge >= 0.3 is 17.4 Å². The Labute approximate surface area is 263 Å². The van der Waals surface area contributed by atoms with Crippen LogP contribution in [-0.4, -0.2) is 54.6 Å². The van der Waals surface area contributed by atoms with Gasteiger partial charge in [0.25, 0.3) is 6.10 Å². The highest BCUT2D eigenvalue weighted by Gasteiger charge is 2.65. The molecular formula is C32H39F5O6S2. The predicted molar refractivity (Wildman–Crippen MR) is 160 cm³/mol. The van der Waals surface area contributed by atoms with Crippen molar-refractivity contribution in [2.45, 2.75) is 93.6 Å². The van der Waals surface area contributed by atoms with Gasteiger partial charge in [-0.25, -0.2) is 8.42 Å². The SMILES string of the molecule is CCCCOc1ccc([S+]2CCCC2)c2ccccc12.O=C(OC(C(F)(F)F)C(F)(F)S(=O)(=O)[O-])C12CC3CC(CC(C3)C1)C2. The molecule has 250 valence electrons. The minimum Gasteiger partial charge on any atom is -0.743 e. The first kappa shape index (κ1) is 34.2. The molecule has 0 amide bonds. The summed E-state index contributed by atoms with van der Waals surface area (Å²) in [5.74, 6) is 2.73. The molecule has 0 N–H and O–H groups in total. The van der Waals surface area contributed by atoms with Gasteiger partial charge in [0.15, 0.2) is 15.0 Å². The summed E-state index contributed by atoms with van der Waals surface area (Å²) in [6.07, 6.45) is -1.81. The third-order valence-electron chi connectivity index (χ3n) is 9.57. The highest BCUT2D eigenvalue weighted by molar-refractivity contribution is 7.97. The van der Waals surface area contributed by atoms with Crippen molar-refractivity contribution >= 4 is 37.8 Å². The van der Waals surface area contributed by atoms with E-state index in [1.807, 2.05) is 0 Å². The summed E-state index contributed by atoms with van der Waals surface area (Å²) in [6, 6.07) is 13.3. The summed E-state index contributed by atoms with van der Waals surface area (Å²) >= 11 is 0. The Balaban J connectivity index is 0.000000182. The van der Waals surface area contributed by atoms with E-state index in [-0.39, 0.29) is 37.0 Å². The number of benzene rings is 2. The molecule has 4 bridgehead atoms. The van der Waals surface area contributed by atoms with Crippen LogP contribution in [0.3, 0.4) is 0 Å². The molecule has 45 heavy (non-hydrogen) atoms. The molecule has 1 saturated heterocycles. The Hall–Kier alpha value is -2.12. The van der Waals surface area contributed by atoms with Gasteiger partial charge in [-0.1, -0.05) is 31.5 Å². The first-order valence-electron chi connectivity index (χ1n) is 15.6. The van der Waals surface area contributed by atoms with Crippen LogP contribution in [0.25, 0.3) is 10.8 Å². The standard InChI is InChI=1S/C18H23OS.C14H17F5O5S/c1-2-3-12-19-17-10-11-18(20-13-6-7-14-20)16-9-5-4-8-15(16)17;15-13(16,17)10(14(18,19)25(21,22)23)24-11(20)12-4-7-1-8(5-12)3-9(2-7)6-12/h4-5,8-11H,2-3,6-7,12-14H2,1H3;7-10H,1-6H2,(H,21,22,23)/q+1;/p-1. The average Bonchev–Trinajstić information content (AvgIpc) is 3.49. The number of hydrogen-bond donors (Lipinski definition) is 0. The number of halogens is 5. The molecule has 6 nitrogen and oxygen atoms in total. The van der Waals surface area contributed by atoms with Crippen molar-refractivity contribution in [3.63, 3.8) is 0 Å². The smallest absolute Gasteiger partial charge is 0.432 e. The number of rotatable bonds is 9. The zero-order chi connectivity index (χ0) is 32.6. The van der Waals surface area contributed by atoms with E-state index in [2.05, 4.69) is 48.1 Å². The van der Waals surface area contributed by atoms with E-state index in [0.29, 0.717) is 10.9 Å². The molecule has 4 aliphatic carbocycles. The van der Waals surface area contributed by atoms with Gasteiger partial charge in [0, 0.05) is 21.7 Å². The van der Waals surface area contributed by atoms with Crippen molar-refractivity contribution in [1.82, 2.24) is 0 Å². The molecule has 2 aromatic carbocycles. The van der Waals surface area contributed by atoms with Crippen LogP contribution in [0, 0.1) is 23.2 Å². The third-order valence-corrected chi connectivity index (χ3v) is 13.0. The van der Waals surface area contributed by atoms with Crippen molar-refractivity contribution in [2.75, 3.05) is 18.1 Å². The van der Waals surface area contributed by atoms with Crippen molar-refractivity contribution in [2.24, 2.45) is 23.2 Å². The molecule has 7 rings (SSSR count). The predicted octanol–water partition coefficient (Wildman–Crippen LogP) is 7.60. The fourth-order valence-electron chi connectivity index (χ4n) is 7.87. The molecule has 5 aliphatic rings. The van der Waals surface area contributed by atoms with E-state index in [0.717, 1.165) is 38.0 Å². The molecule has 5 fully saturated rings. The number of unbranched alkanes of at least 4 members (excludes halogenated alkanes) is 1. The topological polar surface area (TPSA) is 92.7 Å². The fourth-order valence-corrected chi connectivity index (χ4v) is 10.8. The lowest BCUT2D eigenvalue weighted by Crippen LogP contribution is -2.56. The summed E-state index contributed by atoms with van der Waals surface area (Å²) in [5.41, 5.74) is -1.29. The van der Waals surface area contributed by atoms with E-state index >= 15 is 0 Å². The van der Waals surface area contributed by atoms with E-state index in [1.54, 1.807) is 4.90 Å². The normalized spacial score (nSPS) is 27.2. The summed E-state index contributed by atoms with van der Waals surface area (Å²) in [4.78, 5) is 13.9. The molecule has 1 atom stereocenters. The van der Waals surface area contributed by atoms with Crippen LogP contribution in [-0.2, 0) is 30.5 Å². The zero-order valence-corrected chi connectivity index (χ0v) is 26.8. The number of ether oxygens (including phenoxy) is 2. The number of hydrogen-bond acceptors (Lipinski definition) is 6. The number of esters is 1. The monoisotopic (exact) mass is 678 g/mol. The molecule has 1 unspecified atom stereocenters. The summed E-state index contributed by atoms with van der Waals surface area (Å²) in [5, 5.41) is -3.09. The van der Waals surface area contributed by atoms with E-state index in [9.17, 15) is 39.7 Å². The second-order valence-electron chi connectivity index (χ2n) is 13.0. The van der Waals surface area contributed by atoms with E-state index in [4.69, 9.17) is 4.74 Å². The lowest BCUT2D eigenvalue weighted by atomic mass is 9.49. The average molecular weight is 679 g/mol. The molecule has 2 aromatic rings. The maximum Gasteiger partial charge on any atom is 0.432 e. The largest absolute Gasteiger partial charge is 0.743 e. The van der Waals surface area contributed by atoms with Crippen molar-refractivity contribution < 1.29 is 49.2 Å². The second kappa shape index (κ2) is 13.2. The van der Waals surface area contributed by atoms with Crippen molar-refractivity contribution in [3.8, 4) is 5.75 Å². The number of carbonyl (C=O) groups is 1. The van der Waals surface area contributed by atoms with Crippen LogP contribution < -0.4 is 4.74 Å². The summed E-state index contributed by atoms with van der Waals surface area (Å²) < 4.78 is 108. The third kappa shape index (κ3) is 7.25. The molecule has 13 heteroatoms. The van der Waals surface area contributed by atoms with Crippen LogP contribution in [0.1, 0.15) is 71.1 Å². The second-order valence-corrected chi connectivity index (χ2v) is 16.7. The fraction of sp³-hybridized carbons (Fsp3) is 0.656. The Morgan fingerprint density at radius 2 is 1.51 bits per heavy atom. The molecule has 4 saturated carbocycles. The maximum absolute atomic E-state index is 13.5. The minimum absolute atomic E-state index is 0.131. The van der Waals surface area contributed by atoms with Crippen molar-refractivity contribution in [1.29, 1.82) is 0 Å². The lowest BCUT2D eigenvalue weighted by Gasteiger charge is -2.55. The highest BCUT2D eigenvalue weighted by Crippen LogP contribution is 2.60. The molecule has 0 aromatic heterocycles. The Morgan fingerprint density at radius 3 is 2.02 bits per heavy atom. The van der Waals surface area contributed by atoms with Gasteiger partial charge < -0.3 is 14.0 Å². The van der Waals surface area contributed by atoms with Gasteiger partial charge in [0.2, 0.25) is 0 Å². The van der Waals surface area contributed by atoms with Gasteiger partial charge in [-0.2, -0.15) is 22.0 Å². The van der Waals surface area contributed by atoms with Crippen molar-refractivity contribution in [3.05, 3.63) is 36.4 Å². The molecule has 0 radical (unpaired) electrons. The Kier molecular flexibility index (Phi) is 10.0. The number of alkyl halides is 5. The quantitative estimate of drug-likeness (QED) is 0.0892. The highest BCUT2D eigenvalue weighted by atomic mass is 32.2. The molecule has 1 aliphatic heterocycles. The first-order valence-corrected chi connectivity index (χ1v) is 18.5. The van der Waals surface area contributed by atoms with Gasteiger partial charge in [0.05, 0.1) is 12.0 Å². The summed E-state index contributed by atoms with van der Waals surface area (Å²) in [7, 11) is -6.20. The van der Waals surface area contributed by atoms with Gasteiger partial charge in [0.1, 0.15) is 17.3 Å². The van der Waals surface area contributed by atoms with E-state index in [1.165, 1.54) is 41.5 Å². The van der Waals surface area contributed by atoms with Crippen LogP contribution in [0.2, 0.25) is 0 Å².